The van der Waals surface area contributed by atoms with Crippen LogP contribution < -0.4 is 5.32 Å². The van der Waals surface area contributed by atoms with Crippen molar-refractivity contribution in [3.05, 3.63) is 24.3 Å². The van der Waals surface area contributed by atoms with Gasteiger partial charge in [0.15, 0.2) is 0 Å². The summed E-state index contributed by atoms with van der Waals surface area (Å²) in [7, 11) is 0. The third kappa shape index (κ3) is 2.16. The summed E-state index contributed by atoms with van der Waals surface area (Å²) in [5.41, 5.74) is 2.39. The molecular weight excluding hydrogens is 308 g/mol. The molecule has 114 valence electrons. The SMILES string of the molecule is CC(C)C1=Nc2ccc3c4c(ccc(c24)S1)NC(C(C)C)S3. The number of aliphatic imine (C=N–C) groups is 1. The second-order valence-corrected chi connectivity index (χ2v) is 8.82. The van der Waals surface area contributed by atoms with Crippen molar-refractivity contribution in [2.45, 2.75) is 42.9 Å². The summed E-state index contributed by atoms with van der Waals surface area (Å²) in [5.74, 6) is 1.07. The Morgan fingerprint density at radius 3 is 2.50 bits per heavy atom. The van der Waals surface area contributed by atoms with Crippen LogP contribution in [0.1, 0.15) is 27.7 Å². The smallest absolute Gasteiger partial charge is 0.0812 e. The molecule has 2 aliphatic heterocycles. The maximum atomic E-state index is 4.90. The van der Waals surface area contributed by atoms with Gasteiger partial charge in [0.05, 0.1) is 16.1 Å². The molecule has 0 fully saturated rings. The Hall–Kier alpha value is -1.13. The summed E-state index contributed by atoms with van der Waals surface area (Å²) in [6, 6.07) is 8.95. The Morgan fingerprint density at radius 1 is 1.00 bits per heavy atom. The Balaban J connectivity index is 1.93. The highest BCUT2D eigenvalue weighted by Crippen LogP contribution is 2.50. The molecule has 0 radical (unpaired) electrons. The molecule has 2 nitrogen and oxygen atoms in total. The molecule has 4 heteroatoms. The quantitative estimate of drug-likeness (QED) is 0.717. The van der Waals surface area contributed by atoms with Crippen molar-refractivity contribution in [3.63, 3.8) is 0 Å². The van der Waals surface area contributed by atoms with Crippen LogP contribution in [0.4, 0.5) is 11.4 Å². The van der Waals surface area contributed by atoms with E-state index in [1.807, 2.05) is 23.5 Å². The maximum absolute atomic E-state index is 4.90. The average molecular weight is 329 g/mol. The van der Waals surface area contributed by atoms with E-state index in [1.54, 1.807) is 0 Å². The van der Waals surface area contributed by atoms with Gasteiger partial charge in [0.2, 0.25) is 0 Å². The van der Waals surface area contributed by atoms with E-state index >= 15 is 0 Å². The molecule has 2 aromatic carbocycles. The first-order valence-corrected chi connectivity index (χ1v) is 9.53. The number of rotatable bonds is 2. The average Bonchev–Trinajstić information content (AvgIpc) is 2.51. The van der Waals surface area contributed by atoms with Gasteiger partial charge in [-0.3, -0.25) is 0 Å². The first kappa shape index (κ1) is 14.5. The summed E-state index contributed by atoms with van der Waals surface area (Å²) in [4.78, 5) is 7.63. The Kier molecular flexibility index (Phi) is 3.42. The second kappa shape index (κ2) is 5.20. The summed E-state index contributed by atoms with van der Waals surface area (Å²) in [6.07, 6.45) is 0. The summed E-state index contributed by atoms with van der Waals surface area (Å²) in [5, 5.41) is 8.04. The van der Waals surface area contributed by atoms with E-state index in [1.165, 1.54) is 31.3 Å². The predicted molar refractivity (Wildman–Crippen MR) is 99.8 cm³/mol. The lowest BCUT2D eigenvalue weighted by Gasteiger charge is -2.31. The van der Waals surface area contributed by atoms with Crippen LogP contribution in [-0.4, -0.2) is 10.4 Å². The number of nitrogens with zero attached hydrogens (tertiary/aromatic N) is 1. The van der Waals surface area contributed by atoms with Gasteiger partial charge in [0.25, 0.3) is 0 Å². The summed E-state index contributed by atoms with van der Waals surface area (Å²) < 4.78 is 0. The zero-order chi connectivity index (χ0) is 15.4. The fourth-order valence-electron chi connectivity index (χ4n) is 2.94. The fourth-order valence-corrected chi connectivity index (χ4v) is 5.19. The molecule has 0 saturated heterocycles. The third-order valence-electron chi connectivity index (χ3n) is 4.16. The first-order valence-electron chi connectivity index (χ1n) is 7.84. The van der Waals surface area contributed by atoms with E-state index in [-0.39, 0.29) is 0 Å². The lowest BCUT2D eigenvalue weighted by Crippen LogP contribution is -2.24. The number of thioether (sulfide) groups is 2. The molecular formula is C18H20N2S2. The largest absolute Gasteiger partial charge is 0.372 e. The third-order valence-corrected chi connectivity index (χ3v) is 7.00. The van der Waals surface area contributed by atoms with Crippen molar-refractivity contribution < 1.29 is 0 Å². The van der Waals surface area contributed by atoms with Gasteiger partial charge in [-0.05, 0) is 30.2 Å². The molecule has 0 aliphatic carbocycles. The molecule has 0 bridgehead atoms. The minimum atomic E-state index is 0.442. The van der Waals surface area contributed by atoms with Gasteiger partial charge in [0, 0.05) is 32.2 Å². The molecule has 2 heterocycles. The van der Waals surface area contributed by atoms with Crippen LogP contribution in [0.5, 0.6) is 0 Å². The molecule has 2 aliphatic rings. The van der Waals surface area contributed by atoms with Crippen molar-refractivity contribution in [2.24, 2.45) is 16.8 Å². The summed E-state index contributed by atoms with van der Waals surface area (Å²) in [6.45, 7) is 8.97. The molecule has 1 atom stereocenters. The van der Waals surface area contributed by atoms with Crippen LogP contribution in [0.15, 0.2) is 39.0 Å². The lowest BCUT2D eigenvalue weighted by atomic mass is 10.1. The van der Waals surface area contributed by atoms with Crippen molar-refractivity contribution in [2.75, 3.05) is 5.32 Å². The van der Waals surface area contributed by atoms with E-state index in [4.69, 9.17) is 4.99 Å². The highest BCUT2D eigenvalue weighted by atomic mass is 32.2. The van der Waals surface area contributed by atoms with Crippen molar-refractivity contribution in [1.82, 2.24) is 0 Å². The normalized spacial score (nSPS) is 19.5. The van der Waals surface area contributed by atoms with E-state index < -0.39 is 0 Å². The summed E-state index contributed by atoms with van der Waals surface area (Å²) >= 11 is 3.78. The standard InChI is InChI=1S/C18H20N2S2/c1-9(2)17-19-11-5-8-14-16-12(20-18(22-14)10(3)4)6-7-13(21-17)15(11)16/h5-10,17,19H,1-4H3. The highest BCUT2D eigenvalue weighted by molar-refractivity contribution is 8.14. The first-order chi connectivity index (χ1) is 10.5. The van der Waals surface area contributed by atoms with Crippen molar-refractivity contribution in [1.29, 1.82) is 0 Å². The highest BCUT2D eigenvalue weighted by Gasteiger charge is 2.27. The van der Waals surface area contributed by atoms with Gasteiger partial charge in [-0.2, -0.15) is 0 Å². The molecule has 1 N–H and O–H groups in total. The molecule has 1 unspecified atom stereocenters. The minimum Gasteiger partial charge on any atom is -0.372 e. The van der Waals surface area contributed by atoms with E-state index in [2.05, 4.69) is 57.3 Å². The molecule has 22 heavy (non-hydrogen) atoms. The zero-order valence-electron chi connectivity index (χ0n) is 13.3. The number of hydrogen-bond acceptors (Lipinski definition) is 4. The van der Waals surface area contributed by atoms with E-state index in [9.17, 15) is 0 Å². The Labute approximate surface area is 140 Å². The maximum Gasteiger partial charge on any atom is 0.0812 e. The van der Waals surface area contributed by atoms with Crippen LogP contribution in [0, 0.1) is 11.8 Å². The van der Waals surface area contributed by atoms with Crippen LogP contribution >= 0.6 is 23.5 Å². The van der Waals surface area contributed by atoms with Crippen LogP contribution in [-0.2, 0) is 0 Å². The Bertz CT molecular complexity index is 781. The van der Waals surface area contributed by atoms with Crippen LogP contribution in [0.3, 0.4) is 0 Å². The number of hydrogen-bond donors (Lipinski definition) is 1. The molecule has 0 saturated carbocycles. The number of anilines is 1. The number of benzene rings is 2. The predicted octanol–water partition coefficient (Wildman–Crippen LogP) is 6.13. The molecule has 4 rings (SSSR count). The molecule has 2 aromatic rings. The Morgan fingerprint density at radius 2 is 1.77 bits per heavy atom. The molecule has 0 aromatic heterocycles. The number of nitrogens with one attached hydrogen (secondary N) is 1. The monoisotopic (exact) mass is 328 g/mol. The van der Waals surface area contributed by atoms with Crippen molar-refractivity contribution in [3.8, 4) is 0 Å². The van der Waals surface area contributed by atoms with Gasteiger partial charge in [-0.15, -0.1) is 11.8 Å². The molecule has 0 amide bonds. The van der Waals surface area contributed by atoms with Gasteiger partial charge in [-0.25, -0.2) is 4.99 Å². The topological polar surface area (TPSA) is 24.4 Å². The lowest BCUT2D eigenvalue weighted by molar-refractivity contribution is 0.650. The fraction of sp³-hybridized carbons (Fsp3) is 0.389. The van der Waals surface area contributed by atoms with Crippen LogP contribution in [0.25, 0.3) is 10.8 Å². The van der Waals surface area contributed by atoms with Crippen LogP contribution in [0.2, 0.25) is 0 Å². The zero-order valence-corrected chi connectivity index (χ0v) is 14.9. The van der Waals surface area contributed by atoms with Gasteiger partial charge < -0.3 is 5.32 Å². The van der Waals surface area contributed by atoms with Gasteiger partial charge >= 0.3 is 0 Å². The second-order valence-electron chi connectivity index (χ2n) is 6.58. The van der Waals surface area contributed by atoms with Gasteiger partial charge in [-0.1, -0.05) is 39.5 Å². The minimum absolute atomic E-state index is 0.442. The van der Waals surface area contributed by atoms with Gasteiger partial charge in [0.1, 0.15) is 0 Å². The molecule has 0 spiro atoms. The van der Waals surface area contributed by atoms with Crippen molar-refractivity contribution >= 4 is 50.7 Å². The van der Waals surface area contributed by atoms with E-state index in [0.29, 0.717) is 17.2 Å². The van der Waals surface area contributed by atoms with E-state index in [0.717, 1.165) is 5.69 Å².